The largest absolute Gasteiger partial charge is 0.351 e. The number of anilines is 1. The standard InChI is InChI=1S/C24H23N5O2S/c1-17-19(15-28(2)27-17)13-21-23(31)29(20-11-7-4-8-12-20)24(26-21)32-16-22(30)25-14-18-9-5-3-6-10-18/h3-13,15H,14,16H2,1-2H3,(H,25,30)/b21-13+. The molecule has 4 rings (SSSR count). The van der Waals surface area contributed by atoms with Crippen molar-refractivity contribution in [3.63, 3.8) is 0 Å². The maximum atomic E-state index is 13.2. The predicted molar refractivity (Wildman–Crippen MR) is 128 cm³/mol. The molecule has 7 nitrogen and oxygen atoms in total. The number of thioether (sulfide) groups is 1. The number of carbonyl (C=O) groups excluding carboxylic acids is 2. The van der Waals surface area contributed by atoms with E-state index in [1.807, 2.05) is 80.8 Å². The minimum atomic E-state index is -0.230. The van der Waals surface area contributed by atoms with Gasteiger partial charge >= 0.3 is 0 Å². The normalized spacial score (nSPS) is 14.7. The number of aromatic nitrogens is 2. The van der Waals surface area contributed by atoms with Gasteiger partial charge in [-0.15, -0.1) is 0 Å². The highest BCUT2D eigenvalue weighted by atomic mass is 32.2. The third-order valence-electron chi connectivity index (χ3n) is 4.85. The fraction of sp³-hybridized carbons (Fsp3) is 0.167. The minimum absolute atomic E-state index is 0.123. The summed E-state index contributed by atoms with van der Waals surface area (Å²) in [5, 5.41) is 7.70. The maximum absolute atomic E-state index is 13.2. The molecule has 0 fully saturated rings. The van der Waals surface area contributed by atoms with Gasteiger partial charge < -0.3 is 5.32 Å². The Bertz CT molecular complexity index is 1190. The summed E-state index contributed by atoms with van der Waals surface area (Å²) in [7, 11) is 1.83. The van der Waals surface area contributed by atoms with Crippen LogP contribution in [0.5, 0.6) is 0 Å². The summed E-state index contributed by atoms with van der Waals surface area (Å²) in [6, 6.07) is 19.0. The number of para-hydroxylation sites is 1. The van der Waals surface area contributed by atoms with Crippen LogP contribution in [0.3, 0.4) is 0 Å². The van der Waals surface area contributed by atoms with Crippen LogP contribution in [0.2, 0.25) is 0 Å². The van der Waals surface area contributed by atoms with E-state index in [-0.39, 0.29) is 17.6 Å². The van der Waals surface area contributed by atoms with Crippen LogP contribution in [-0.4, -0.2) is 32.5 Å². The molecule has 0 saturated carbocycles. The van der Waals surface area contributed by atoms with Crippen molar-refractivity contribution >= 4 is 40.5 Å². The Hall–Kier alpha value is -3.65. The molecule has 0 aliphatic carbocycles. The first-order valence-electron chi connectivity index (χ1n) is 10.1. The third kappa shape index (κ3) is 4.97. The molecule has 0 unspecified atom stereocenters. The van der Waals surface area contributed by atoms with E-state index < -0.39 is 0 Å². The predicted octanol–water partition coefficient (Wildman–Crippen LogP) is 3.52. The van der Waals surface area contributed by atoms with Gasteiger partial charge in [-0.25, -0.2) is 4.99 Å². The Morgan fingerprint density at radius 3 is 2.44 bits per heavy atom. The van der Waals surface area contributed by atoms with Crippen LogP contribution in [0.15, 0.2) is 77.5 Å². The van der Waals surface area contributed by atoms with E-state index >= 15 is 0 Å². The van der Waals surface area contributed by atoms with Crippen LogP contribution < -0.4 is 10.2 Å². The average Bonchev–Trinajstić information content (AvgIpc) is 3.29. The molecule has 8 heteroatoms. The second-order valence-corrected chi connectivity index (χ2v) is 8.24. The summed E-state index contributed by atoms with van der Waals surface area (Å²) in [5.74, 6) is -0.198. The van der Waals surface area contributed by atoms with E-state index in [1.54, 1.807) is 15.7 Å². The van der Waals surface area contributed by atoms with E-state index in [2.05, 4.69) is 15.4 Å². The molecular formula is C24H23N5O2S. The highest BCUT2D eigenvalue weighted by Crippen LogP contribution is 2.29. The molecule has 2 amide bonds. The highest BCUT2D eigenvalue weighted by Gasteiger charge is 2.32. The molecule has 162 valence electrons. The van der Waals surface area contributed by atoms with Crippen LogP contribution in [-0.2, 0) is 23.2 Å². The van der Waals surface area contributed by atoms with Gasteiger partial charge in [0.25, 0.3) is 5.91 Å². The number of hydrogen-bond donors (Lipinski definition) is 1. The minimum Gasteiger partial charge on any atom is -0.351 e. The summed E-state index contributed by atoms with van der Waals surface area (Å²) in [6.07, 6.45) is 3.59. The third-order valence-corrected chi connectivity index (χ3v) is 5.79. The highest BCUT2D eigenvalue weighted by molar-refractivity contribution is 8.14. The lowest BCUT2D eigenvalue weighted by atomic mass is 10.2. The Labute approximate surface area is 190 Å². The van der Waals surface area contributed by atoms with Gasteiger partial charge in [0.15, 0.2) is 5.17 Å². The van der Waals surface area contributed by atoms with Gasteiger partial charge in [0, 0.05) is 25.4 Å². The van der Waals surface area contributed by atoms with E-state index in [1.165, 1.54) is 11.8 Å². The van der Waals surface area contributed by atoms with Crippen LogP contribution in [0.4, 0.5) is 5.69 Å². The molecule has 0 bridgehead atoms. The monoisotopic (exact) mass is 445 g/mol. The second kappa shape index (κ2) is 9.65. The topological polar surface area (TPSA) is 79.6 Å². The van der Waals surface area contributed by atoms with Crippen molar-refractivity contribution in [2.24, 2.45) is 12.0 Å². The number of amides is 2. The number of rotatable bonds is 6. The molecule has 0 radical (unpaired) electrons. The first kappa shape index (κ1) is 21.6. The zero-order chi connectivity index (χ0) is 22.5. The second-order valence-electron chi connectivity index (χ2n) is 7.29. The van der Waals surface area contributed by atoms with Gasteiger partial charge in [-0.1, -0.05) is 60.3 Å². The van der Waals surface area contributed by atoms with Gasteiger partial charge in [-0.3, -0.25) is 19.2 Å². The van der Waals surface area contributed by atoms with Crippen molar-refractivity contribution in [1.82, 2.24) is 15.1 Å². The average molecular weight is 446 g/mol. The number of aryl methyl sites for hydroxylation is 2. The number of aliphatic imine (C=N–C) groups is 1. The Kier molecular flexibility index (Phi) is 6.51. The number of amidine groups is 1. The number of nitrogens with one attached hydrogen (secondary N) is 1. The van der Waals surface area contributed by atoms with Crippen LogP contribution >= 0.6 is 11.8 Å². The van der Waals surface area contributed by atoms with E-state index in [4.69, 9.17) is 0 Å². The molecule has 32 heavy (non-hydrogen) atoms. The number of nitrogens with zero attached hydrogens (tertiary/aromatic N) is 4. The molecule has 0 saturated heterocycles. The van der Waals surface area contributed by atoms with E-state index in [0.29, 0.717) is 23.1 Å². The summed E-state index contributed by atoms with van der Waals surface area (Å²) >= 11 is 1.24. The van der Waals surface area contributed by atoms with E-state index in [9.17, 15) is 9.59 Å². The van der Waals surface area contributed by atoms with Crippen molar-refractivity contribution in [3.8, 4) is 0 Å². The fourth-order valence-corrected chi connectivity index (χ4v) is 4.13. The Morgan fingerprint density at radius 1 is 1.09 bits per heavy atom. The fourth-order valence-electron chi connectivity index (χ4n) is 3.28. The number of benzene rings is 2. The van der Waals surface area contributed by atoms with Gasteiger partial charge in [0.1, 0.15) is 5.70 Å². The van der Waals surface area contributed by atoms with Crippen LogP contribution in [0.25, 0.3) is 6.08 Å². The summed E-state index contributed by atoms with van der Waals surface area (Å²) in [4.78, 5) is 31.7. The summed E-state index contributed by atoms with van der Waals surface area (Å²) in [6.45, 7) is 2.34. The molecule has 0 spiro atoms. The molecule has 1 aliphatic rings. The van der Waals surface area contributed by atoms with Crippen molar-refractivity contribution in [3.05, 3.63) is 89.4 Å². The Morgan fingerprint density at radius 2 is 1.78 bits per heavy atom. The first-order valence-corrected chi connectivity index (χ1v) is 11.1. The molecule has 2 aromatic carbocycles. The number of hydrogen-bond acceptors (Lipinski definition) is 5. The smallest absolute Gasteiger partial charge is 0.283 e. The molecule has 1 N–H and O–H groups in total. The van der Waals surface area contributed by atoms with Gasteiger partial charge in [0.2, 0.25) is 5.91 Å². The lowest BCUT2D eigenvalue weighted by Crippen LogP contribution is -2.32. The molecule has 2 heterocycles. The summed E-state index contributed by atoms with van der Waals surface area (Å²) < 4.78 is 1.70. The molecule has 1 aromatic heterocycles. The summed E-state index contributed by atoms with van der Waals surface area (Å²) in [5.41, 5.74) is 3.70. The van der Waals surface area contributed by atoms with Crippen molar-refractivity contribution in [2.75, 3.05) is 10.7 Å². The number of carbonyl (C=O) groups is 2. The molecular weight excluding hydrogens is 422 g/mol. The molecule has 0 atom stereocenters. The van der Waals surface area contributed by atoms with Crippen molar-refractivity contribution < 1.29 is 9.59 Å². The van der Waals surface area contributed by atoms with Gasteiger partial charge in [-0.05, 0) is 30.7 Å². The zero-order valence-electron chi connectivity index (χ0n) is 17.9. The SMILES string of the molecule is Cc1nn(C)cc1/C=C1/N=C(SCC(=O)NCc2ccccc2)N(c2ccccc2)C1=O. The molecule has 3 aromatic rings. The van der Waals surface area contributed by atoms with Crippen LogP contribution in [0.1, 0.15) is 16.8 Å². The van der Waals surface area contributed by atoms with Gasteiger partial charge in [-0.2, -0.15) is 5.10 Å². The van der Waals surface area contributed by atoms with Crippen LogP contribution in [0, 0.1) is 6.92 Å². The quantitative estimate of drug-likeness (QED) is 0.589. The molecule has 1 aliphatic heterocycles. The van der Waals surface area contributed by atoms with Crippen molar-refractivity contribution in [2.45, 2.75) is 13.5 Å². The zero-order valence-corrected chi connectivity index (χ0v) is 18.7. The van der Waals surface area contributed by atoms with Gasteiger partial charge in [0.05, 0.1) is 17.1 Å². The Balaban J connectivity index is 1.51. The first-order chi connectivity index (χ1) is 15.5. The van der Waals surface area contributed by atoms with E-state index in [0.717, 1.165) is 16.8 Å². The lowest BCUT2D eigenvalue weighted by Gasteiger charge is -2.17. The lowest BCUT2D eigenvalue weighted by molar-refractivity contribution is -0.118. The van der Waals surface area contributed by atoms with Crippen molar-refractivity contribution in [1.29, 1.82) is 0 Å². The maximum Gasteiger partial charge on any atom is 0.283 e.